The van der Waals surface area contributed by atoms with Crippen LogP contribution in [0.3, 0.4) is 0 Å². The van der Waals surface area contributed by atoms with Crippen molar-refractivity contribution in [2.75, 3.05) is 29.9 Å². The highest BCUT2D eigenvalue weighted by molar-refractivity contribution is 5.46. The number of nitrogens with zero attached hydrogens (tertiary/aromatic N) is 3. The minimum absolute atomic E-state index is 0.311. The maximum atomic E-state index is 5.67. The zero-order valence-corrected chi connectivity index (χ0v) is 14.2. The molecule has 24 heavy (non-hydrogen) atoms. The van der Waals surface area contributed by atoms with Gasteiger partial charge in [0.05, 0.1) is 6.10 Å². The third-order valence-corrected chi connectivity index (χ3v) is 4.79. The zero-order valence-electron chi connectivity index (χ0n) is 14.2. The van der Waals surface area contributed by atoms with Crippen molar-refractivity contribution in [2.24, 2.45) is 0 Å². The van der Waals surface area contributed by atoms with Gasteiger partial charge < -0.3 is 15.0 Å². The maximum Gasteiger partial charge on any atom is 0.227 e. The van der Waals surface area contributed by atoms with Crippen LogP contribution in [-0.2, 0) is 17.7 Å². The number of aromatic nitrogens is 2. The number of nitrogens with one attached hydrogen (secondary N) is 1. The Morgan fingerprint density at radius 2 is 2.12 bits per heavy atom. The molecule has 2 aliphatic heterocycles. The Hall–Kier alpha value is -2.14. The van der Waals surface area contributed by atoms with Crippen LogP contribution >= 0.6 is 0 Å². The Bertz CT molecular complexity index is 712. The lowest BCUT2D eigenvalue weighted by Gasteiger charge is -2.29. The summed E-state index contributed by atoms with van der Waals surface area (Å²) in [4.78, 5) is 11.7. The Labute approximate surface area is 143 Å². The van der Waals surface area contributed by atoms with Gasteiger partial charge in [0.15, 0.2) is 0 Å². The molecule has 5 heteroatoms. The summed E-state index contributed by atoms with van der Waals surface area (Å²) in [6.45, 7) is 5.57. The van der Waals surface area contributed by atoms with E-state index in [4.69, 9.17) is 9.72 Å². The van der Waals surface area contributed by atoms with Crippen LogP contribution in [0.1, 0.15) is 29.7 Å². The molecule has 3 heterocycles. The van der Waals surface area contributed by atoms with Crippen LogP contribution in [0.5, 0.6) is 0 Å². The lowest BCUT2D eigenvalue weighted by atomic mass is 10.0. The Kier molecular flexibility index (Phi) is 4.34. The third kappa shape index (κ3) is 3.36. The smallest absolute Gasteiger partial charge is 0.227 e. The van der Waals surface area contributed by atoms with Crippen LogP contribution in [0, 0.1) is 6.92 Å². The predicted octanol–water partition coefficient (Wildman–Crippen LogP) is 2.94. The number of anilines is 2. The largest absolute Gasteiger partial charge is 0.376 e. The molecule has 0 bridgehead atoms. The van der Waals surface area contributed by atoms with E-state index in [1.807, 2.05) is 13.0 Å². The molecule has 0 aliphatic carbocycles. The molecular formula is C19H24N4O. The van der Waals surface area contributed by atoms with Gasteiger partial charge in [0, 0.05) is 38.0 Å². The zero-order chi connectivity index (χ0) is 16.4. The van der Waals surface area contributed by atoms with E-state index >= 15 is 0 Å². The average Bonchev–Trinajstić information content (AvgIpc) is 3.13. The van der Waals surface area contributed by atoms with Gasteiger partial charge in [-0.15, -0.1) is 0 Å². The van der Waals surface area contributed by atoms with Crippen molar-refractivity contribution < 1.29 is 4.74 Å². The fourth-order valence-electron chi connectivity index (χ4n) is 3.48. The van der Waals surface area contributed by atoms with E-state index in [1.165, 1.54) is 11.1 Å². The Balaban J connectivity index is 1.49. The lowest BCUT2D eigenvalue weighted by Crippen LogP contribution is -2.32. The molecule has 1 saturated heterocycles. The molecule has 1 fully saturated rings. The molecular weight excluding hydrogens is 300 g/mol. The molecule has 0 saturated carbocycles. The topological polar surface area (TPSA) is 50.3 Å². The number of benzene rings is 1. The van der Waals surface area contributed by atoms with E-state index in [9.17, 15) is 0 Å². The summed E-state index contributed by atoms with van der Waals surface area (Å²) in [6, 6.07) is 10.7. The number of hydrogen-bond donors (Lipinski definition) is 1. The van der Waals surface area contributed by atoms with E-state index in [1.54, 1.807) is 0 Å². The van der Waals surface area contributed by atoms with Crippen molar-refractivity contribution in [1.29, 1.82) is 0 Å². The molecule has 2 aromatic rings. The quantitative estimate of drug-likeness (QED) is 0.937. The molecule has 4 rings (SSSR count). The van der Waals surface area contributed by atoms with Crippen molar-refractivity contribution >= 4 is 11.8 Å². The molecule has 0 amide bonds. The van der Waals surface area contributed by atoms with E-state index in [0.29, 0.717) is 6.10 Å². The standard InChI is InChI=1S/C19H24N4O/c1-14-11-18(20-12-17-7-4-10-24-17)22-19(21-14)23-9-8-15-5-2-3-6-16(15)13-23/h2-3,5-6,11,17H,4,7-10,12-13H2,1H3,(H,20,21,22). The van der Waals surface area contributed by atoms with Crippen molar-refractivity contribution in [3.63, 3.8) is 0 Å². The summed E-state index contributed by atoms with van der Waals surface area (Å²) >= 11 is 0. The second-order valence-electron chi connectivity index (χ2n) is 6.65. The van der Waals surface area contributed by atoms with Gasteiger partial charge >= 0.3 is 0 Å². The van der Waals surface area contributed by atoms with Crippen LogP contribution in [0.4, 0.5) is 11.8 Å². The minimum Gasteiger partial charge on any atom is -0.376 e. The summed E-state index contributed by atoms with van der Waals surface area (Å²) in [5.74, 6) is 1.71. The van der Waals surface area contributed by atoms with Crippen molar-refractivity contribution in [2.45, 2.75) is 38.8 Å². The number of aryl methyl sites for hydroxylation is 1. The molecule has 126 valence electrons. The van der Waals surface area contributed by atoms with Crippen molar-refractivity contribution in [3.8, 4) is 0 Å². The fraction of sp³-hybridized carbons (Fsp3) is 0.474. The summed E-state index contributed by atoms with van der Waals surface area (Å²) in [6.07, 6.45) is 3.65. The first kappa shape index (κ1) is 15.4. The Morgan fingerprint density at radius 1 is 1.25 bits per heavy atom. The first-order valence-electron chi connectivity index (χ1n) is 8.81. The average molecular weight is 324 g/mol. The monoisotopic (exact) mass is 324 g/mol. The first-order valence-corrected chi connectivity index (χ1v) is 8.81. The molecule has 1 aromatic carbocycles. The van der Waals surface area contributed by atoms with Gasteiger partial charge in [-0.2, -0.15) is 4.98 Å². The lowest BCUT2D eigenvalue weighted by molar-refractivity contribution is 0.120. The van der Waals surface area contributed by atoms with E-state index < -0.39 is 0 Å². The van der Waals surface area contributed by atoms with Gasteiger partial charge in [-0.3, -0.25) is 0 Å². The molecule has 5 nitrogen and oxygen atoms in total. The summed E-state index contributed by atoms with van der Waals surface area (Å²) in [7, 11) is 0. The van der Waals surface area contributed by atoms with Gasteiger partial charge in [0.1, 0.15) is 5.82 Å². The highest BCUT2D eigenvalue weighted by Crippen LogP contribution is 2.23. The SMILES string of the molecule is Cc1cc(NCC2CCCO2)nc(N2CCc3ccccc3C2)n1. The van der Waals surface area contributed by atoms with Crippen LogP contribution in [0.2, 0.25) is 0 Å². The van der Waals surface area contributed by atoms with Crippen LogP contribution in [0.15, 0.2) is 30.3 Å². The van der Waals surface area contributed by atoms with Gasteiger partial charge in [-0.05, 0) is 37.3 Å². The minimum atomic E-state index is 0.311. The fourth-order valence-corrected chi connectivity index (χ4v) is 3.48. The van der Waals surface area contributed by atoms with E-state index in [2.05, 4.69) is 39.5 Å². The number of hydrogen-bond acceptors (Lipinski definition) is 5. The first-order chi connectivity index (χ1) is 11.8. The summed E-state index contributed by atoms with van der Waals surface area (Å²) in [5, 5.41) is 3.42. The predicted molar refractivity (Wildman–Crippen MR) is 95.4 cm³/mol. The van der Waals surface area contributed by atoms with Crippen LogP contribution in [0.25, 0.3) is 0 Å². The number of rotatable bonds is 4. The molecule has 0 spiro atoms. The molecule has 1 atom stereocenters. The van der Waals surface area contributed by atoms with E-state index in [-0.39, 0.29) is 0 Å². The van der Waals surface area contributed by atoms with Crippen LogP contribution < -0.4 is 10.2 Å². The third-order valence-electron chi connectivity index (χ3n) is 4.79. The molecule has 2 aliphatic rings. The van der Waals surface area contributed by atoms with Crippen LogP contribution in [-0.4, -0.2) is 35.8 Å². The second kappa shape index (κ2) is 6.77. The van der Waals surface area contributed by atoms with Gasteiger partial charge in [-0.25, -0.2) is 4.98 Å². The van der Waals surface area contributed by atoms with Gasteiger partial charge in [-0.1, -0.05) is 24.3 Å². The molecule has 1 unspecified atom stereocenters. The number of fused-ring (bicyclic) bond motifs is 1. The number of ether oxygens (including phenoxy) is 1. The van der Waals surface area contributed by atoms with E-state index in [0.717, 1.165) is 63.0 Å². The summed E-state index contributed by atoms with van der Waals surface area (Å²) < 4.78 is 5.67. The molecule has 0 radical (unpaired) electrons. The highest BCUT2D eigenvalue weighted by Gasteiger charge is 2.19. The maximum absolute atomic E-state index is 5.67. The summed E-state index contributed by atoms with van der Waals surface area (Å²) in [5.41, 5.74) is 3.81. The van der Waals surface area contributed by atoms with Gasteiger partial charge in [0.2, 0.25) is 5.95 Å². The van der Waals surface area contributed by atoms with Crippen molar-refractivity contribution in [1.82, 2.24) is 9.97 Å². The second-order valence-corrected chi connectivity index (χ2v) is 6.65. The highest BCUT2D eigenvalue weighted by atomic mass is 16.5. The Morgan fingerprint density at radius 3 is 2.96 bits per heavy atom. The van der Waals surface area contributed by atoms with Gasteiger partial charge in [0.25, 0.3) is 0 Å². The van der Waals surface area contributed by atoms with Crippen molar-refractivity contribution in [3.05, 3.63) is 47.2 Å². The molecule has 1 N–H and O–H groups in total. The normalized spacial score (nSPS) is 20.0. The molecule has 1 aromatic heterocycles.